The highest BCUT2D eigenvalue weighted by Gasteiger charge is 2.38. The van der Waals surface area contributed by atoms with Gasteiger partial charge < -0.3 is 15.0 Å². The van der Waals surface area contributed by atoms with E-state index in [1.165, 1.54) is 0 Å². The van der Waals surface area contributed by atoms with E-state index >= 15 is 0 Å². The van der Waals surface area contributed by atoms with E-state index < -0.39 is 6.17 Å². The van der Waals surface area contributed by atoms with Crippen molar-refractivity contribution in [2.24, 2.45) is 0 Å². The fraction of sp³-hybridized carbons (Fsp3) is 0.300. The molecule has 142 valence electrons. The monoisotopic (exact) mass is 378 g/mol. The van der Waals surface area contributed by atoms with Crippen LogP contribution in [0.5, 0.6) is 5.75 Å². The standard InChI is InChI=1S/C20H19FN6O/c21-20-12(7-13-1-4-16(20)24-13)8-19-23-10-17(25-26-19)15-3-2-14(9-18(15)28)27-6-5-22-11-27/h2-3,5-6,8-11,13,16,20,24,28H,1,4,7H2/b12-8-/t13-,16?,20-/m0/s1. The normalized spacial score (nSPS) is 25.3. The van der Waals surface area contributed by atoms with Crippen LogP contribution in [0.4, 0.5) is 4.39 Å². The molecule has 2 bridgehead atoms. The highest BCUT2D eigenvalue weighted by atomic mass is 19.1. The van der Waals surface area contributed by atoms with Crippen molar-refractivity contribution in [1.82, 2.24) is 30.0 Å². The number of imidazole rings is 1. The second-order valence-electron chi connectivity index (χ2n) is 7.25. The lowest BCUT2D eigenvalue weighted by molar-refractivity contribution is 0.270. The first-order valence-electron chi connectivity index (χ1n) is 9.29. The molecular weight excluding hydrogens is 359 g/mol. The molecule has 7 nitrogen and oxygen atoms in total. The van der Waals surface area contributed by atoms with E-state index in [2.05, 4.69) is 25.5 Å². The van der Waals surface area contributed by atoms with Crippen LogP contribution in [0.25, 0.3) is 23.0 Å². The molecule has 3 aromatic rings. The first-order valence-corrected chi connectivity index (χ1v) is 9.29. The number of halogens is 1. The Morgan fingerprint density at radius 1 is 1.25 bits per heavy atom. The van der Waals surface area contributed by atoms with Crippen LogP contribution in [0.2, 0.25) is 0 Å². The summed E-state index contributed by atoms with van der Waals surface area (Å²) in [6.07, 6.45) is 9.94. The summed E-state index contributed by atoms with van der Waals surface area (Å²) in [4.78, 5) is 8.30. The summed E-state index contributed by atoms with van der Waals surface area (Å²) in [6, 6.07) is 5.50. The zero-order valence-corrected chi connectivity index (χ0v) is 15.0. The third kappa shape index (κ3) is 3.05. The van der Waals surface area contributed by atoms with Crippen molar-refractivity contribution in [2.45, 2.75) is 37.5 Å². The van der Waals surface area contributed by atoms with Crippen molar-refractivity contribution in [2.75, 3.05) is 0 Å². The molecule has 4 heterocycles. The van der Waals surface area contributed by atoms with Gasteiger partial charge in [-0.2, -0.15) is 0 Å². The minimum Gasteiger partial charge on any atom is -0.507 e. The Kier molecular flexibility index (Phi) is 4.12. The number of benzene rings is 1. The molecular formula is C20H19FN6O. The number of fused-ring (bicyclic) bond motifs is 2. The van der Waals surface area contributed by atoms with Crippen LogP contribution >= 0.6 is 0 Å². The smallest absolute Gasteiger partial charge is 0.174 e. The van der Waals surface area contributed by atoms with E-state index in [-0.39, 0.29) is 11.8 Å². The lowest BCUT2D eigenvalue weighted by Crippen LogP contribution is -2.42. The van der Waals surface area contributed by atoms with Gasteiger partial charge in [-0.15, -0.1) is 10.2 Å². The quantitative estimate of drug-likeness (QED) is 0.728. The molecule has 2 aromatic heterocycles. The summed E-state index contributed by atoms with van der Waals surface area (Å²) in [5, 5.41) is 22.0. The van der Waals surface area contributed by atoms with E-state index in [9.17, 15) is 9.50 Å². The predicted molar refractivity (Wildman–Crippen MR) is 101 cm³/mol. The Morgan fingerprint density at radius 2 is 2.18 bits per heavy atom. The molecule has 0 spiro atoms. The molecule has 2 saturated heterocycles. The number of phenolic OH excluding ortho intramolecular Hbond substituents is 1. The molecule has 2 aliphatic rings. The highest BCUT2D eigenvalue weighted by Crippen LogP contribution is 2.34. The summed E-state index contributed by atoms with van der Waals surface area (Å²) in [7, 11) is 0. The topological polar surface area (TPSA) is 88.8 Å². The van der Waals surface area contributed by atoms with E-state index in [0.717, 1.165) is 24.1 Å². The van der Waals surface area contributed by atoms with Gasteiger partial charge in [-0.25, -0.2) is 14.4 Å². The SMILES string of the molecule is Oc1cc(-n2ccnc2)ccc1-c1cnc(/C=C2/C[C@@H]3CCC(N3)[C@H]2F)nn1. The van der Waals surface area contributed by atoms with Crippen LogP contribution in [-0.4, -0.2) is 48.1 Å². The van der Waals surface area contributed by atoms with Crippen molar-refractivity contribution in [3.05, 3.63) is 54.5 Å². The molecule has 1 aromatic carbocycles. The summed E-state index contributed by atoms with van der Waals surface area (Å²) in [5.74, 6) is 0.462. The van der Waals surface area contributed by atoms with Gasteiger partial charge in [0, 0.05) is 36.1 Å². The van der Waals surface area contributed by atoms with E-state index in [0.29, 0.717) is 29.5 Å². The Balaban J connectivity index is 1.39. The number of hydrogen-bond acceptors (Lipinski definition) is 6. The molecule has 8 heteroatoms. The van der Waals surface area contributed by atoms with Gasteiger partial charge in [-0.3, -0.25) is 0 Å². The number of aromatic nitrogens is 5. The van der Waals surface area contributed by atoms with Gasteiger partial charge in [0.15, 0.2) is 5.82 Å². The first-order chi connectivity index (χ1) is 13.7. The second-order valence-corrected chi connectivity index (χ2v) is 7.25. The van der Waals surface area contributed by atoms with Gasteiger partial charge in [0.2, 0.25) is 0 Å². The van der Waals surface area contributed by atoms with Crippen LogP contribution in [0, 0.1) is 0 Å². The number of aromatic hydroxyl groups is 1. The van der Waals surface area contributed by atoms with Crippen molar-refractivity contribution in [1.29, 1.82) is 0 Å². The highest BCUT2D eigenvalue weighted by molar-refractivity contribution is 5.68. The Labute approximate surface area is 161 Å². The molecule has 3 atom stereocenters. The molecule has 2 fully saturated rings. The summed E-state index contributed by atoms with van der Waals surface area (Å²) < 4.78 is 16.3. The summed E-state index contributed by atoms with van der Waals surface area (Å²) >= 11 is 0. The molecule has 0 amide bonds. The number of alkyl halides is 1. The van der Waals surface area contributed by atoms with Gasteiger partial charge in [-0.1, -0.05) is 0 Å². The van der Waals surface area contributed by atoms with Crippen LogP contribution in [0.3, 0.4) is 0 Å². The third-order valence-electron chi connectivity index (χ3n) is 5.42. The first kappa shape index (κ1) is 17.0. The number of piperidine rings is 1. The average molecular weight is 378 g/mol. The molecule has 0 saturated carbocycles. The fourth-order valence-corrected chi connectivity index (χ4v) is 3.98. The van der Waals surface area contributed by atoms with Gasteiger partial charge >= 0.3 is 0 Å². The van der Waals surface area contributed by atoms with Crippen LogP contribution in [0.1, 0.15) is 25.1 Å². The average Bonchev–Trinajstić information content (AvgIpc) is 3.37. The Morgan fingerprint density at radius 3 is 2.93 bits per heavy atom. The number of nitrogens with one attached hydrogen (secondary N) is 1. The maximum Gasteiger partial charge on any atom is 0.174 e. The minimum atomic E-state index is -0.998. The predicted octanol–water partition coefficient (Wildman–Crippen LogP) is 2.68. The van der Waals surface area contributed by atoms with Gasteiger partial charge in [-0.05, 0) is 43.0 Å². The second kappa shape index (κ2) is 6.79. The van der Waals surface area contributed by atoms with Crippen molar-refractivity contribution >= 4 is 6.08 Å². The van der Waals surface area contributed by atoms with Crippen LogP contribution in [0.15, 0.2) is 48.7 Å². The van der Waals surface area contributed by atoms with Crippen molar-refractivity contribution in [3.63, 3.8) is 0 Å². The molecule has 2 N–H and O–H groups in total. The van der Waals surface area contributed by atoms with Crippen LogP contribution in [-0.2, 0) is 0 Å². The number of phenols is 1. The molecule has 2 aliphatic heterocycles. The number of nitrogens with zero attached hydrogens (tertiary/aromatic N) is 5. The van der Waals surface area contributed by atoms with Gasteiger partial charge in [0.1, 0.15) is 17.6 Å². The van der Waals surface area contributed by atoms with E-state index in [1.54, 1.807) is 47.7 Å². The Bertz CT molecular complexity index is 1020. The zero-order valence-electron chi connectivity index (χ0n) is 15.0. The number of rotatable bonds is 3. The summed E-state index contributed by atoms with van der Waals surface area (Å²) in [5.41, 5.74) is 2.51. The third-order valence-corrected chi connectivity index (χ3v) is 5.42. The number of hydrogen-bond donors (Lipinski definition) is 2. The largest absolute Gasteiger partial charge is 0.507 e. The van der Waals surface area contributed by atoms with E-state index in [1.807, 2.05) is 6.07 Å². The van der Waals surface area contributed by atoms with Gasteiger partial charge in [0.05, 0.1) is 18.2 Å². The van der Waals surface area contributed by atoms with E-state index in [4.69, 9.17) is 0 Å². The molecule has 5 rings (SSSR count). The maximum absolute atomic E-state index is 14.5. The molecule has 28 heavy (non-hydrogen) atoms. The molecule has 1 unspecified atom stereocenters. The molecule has 0 aliphatic carbocycles. The maximum atomic E-state index is 14.5. The Hall–Kier alpha value is -3.13. The lowest BCUT2D eigenvalue weighted by atomic mass is 9.96. The lowest BCUT2D eigenvalue weighted by Gasteiger charge is -2.27. The zero-order chi connectivity index (χ0) is 19.1. The minimum absolute atomic E-state index is 0.0761. The van der Waals surface area contributed by atoms with Crippen molar-refractivity contribution in [3.8, 4) is 22.7 Å². The fourth-order valence-electron chi connectivity index (χ4n) is 3.98. The van der Waals surface area contributed by atoms with Gasteiger partial charge in [0.25, 0.3) is 0 Å². The molecule has 0 radical (unpaired) electrons. The summed E-state index contributed by atoms with van der Waals surface area (Å²) in [6.45, 7) is 0. The van der Waals surface area contributed by atoms with Crippen molar-refractivity contribution < 1.29 is 9.50 Å². The van der Waals surface area contributed by atoms with Crippen LogP contribution < -0.4 is 5.32 Å².